The number of hydrogen-bond donors (Lipinski definition) is 1. The standard InChI is InChI=1S/C11H18ClN3O2/c1-4-17-10(16)6-15-11(12)9(5-7(2)13)8(3)14-15/h7H,4-6,13H2,1-3H3. The lowest BCUT2D eigenvalue weighted by molar-refractivity contribution is -0.144. The molecule has 17 heavy (non-hydrogen) atoms. The van der Waals surface area contributed by atoms with Crippen LogP contribution in [0.2, 0.25) is 5.15 Å². The summed E-state index contributed by atoms with van der Waals surface area (Å²) < 4.78 is 6.30. The summed E-state index contributed by atoms with van der Waals surface area (Å²) in [6.45, 7) is 5.90. The van der Waals surface area contributed by atoms with Crippen LogP contribution in [0.15, 0.2) is 0 Å². The number of carbonyl (C=O) groups excluding carboxylic acids is 1. The highest BCUT2D eigenvalue weighted by Crippen LogP contribution is 2.21. The molecule has 0 amide bonds. The predicted octanol–water partition coefficient (Wildman–Crippen LogP) is 1.30. The number of halogens is 1. The largest absolute Gasteiger partial charge is 0.465 e. The van der Waals surface area contributed by atoms with Gasteiger partial charge in [0.1, 0.15) is 11.7 Å². The Kier molecular flexibility index (Phi) is 4.96. The topological polar surface area (TPSA) is 70.1 Å². The van der Waals surface area contributed by atoms with E-state index in [4.69, 9.17) is 22.1 Å². The van der Waals surface area contributed by atoms with Gasteiger partial charge in [0, 0.05) is 11.6 Å². The van der Waals surface area contributed by atoms with Crippen LogP contribution >= 0.6 is 11.6 Å². The molecule has 1 aromatic heterocycles. The number of carbonyl (C=O) groups is 1. The van der Waals surface area contributed by atoms with Gasteiger partial charge < -0.3 is 10.5 Å². The number of rotatable bonds is 5. The van der Waals surface area contributed by atoms with Crippen molar-refractivity contribution in [3.63, 3.8) is 0 Å². The summed E-state index contributed by atoms with van der Waals surface area (Å²) in [5, 5.41) is 4.68. The molecule has 0 saturated carbocycles. The first-order valence-electron chi connectivity index (χ1n) is 5.58. The van der Waals surface area contributed by atoms with Gasteiger partial charge in [0.15, 0.2) is 0 Å². The Bertz CT molecular complexity index is 402. The van der Waals surface area contributed by atoms with Crippen molar-refractivity contribution in [2.24, 2.45) is 5.73 Å². The van der Waals surface area contributed by atoms with Crippen molar-refractivity contribution >= 4 is 17.6 Å². The average Bonchev–Trinajstić information content (AvgIpc) is 2.46. The van der Waals surface area contributed by atoms with Gasteiger partial charge in [-0.15, -0.1) is 0 Å². The molecule has 0 fully saturated rings. The molecule has 96 valence electrons. The molecular weight excluding hydrogens is 242 g/mol. The summed E-state index contributed by atoms with van der Waals surface area (Å²) in [7, 11) is 0. The third-order valence-electron chi connectivity index (χ3n) is 2.29. The molecule has 5 nitrogen and oxygen atoms in total. The number of nitrogens with two attached hydrogens (primary N) is 1. The van der Waals surface area contributed by atoms with Gasteiger partial charge in [-0.25, -0.2) is 4.68 Å². The van der Waals surface area contributed by atoms with E-state index in [1.165, 1.54) is 4.68 Å². The van der Waals surface area contributed by atoms with Crippen molar-refractivity contribution in [3.8, 4) is 0 Å². The minimum Gasteiger partial charge on any atom is -0.465 e. The first-order valence-corrected chi connectivity index (χ1v) is 5.96. The molecule has 0 bridgehead atoms. The van der Waals surface area contributed by atoms with Crippen LogP contribution < -0.4 is 5.73 Å². The van der Waals surface area contributed by atoms with E-state index in [1.54, 1.807) is 6.92 Å². The summed E-state index contributed by atoms with van der Waals surface area (Å²) >= 11 is 6.16. The minimum absolute atomic E-state index is 0.00597. The maximum atomic E-state index is 11.3. The van der Waals surface area contributed by atoms with Crippen molar-refractivity contribution in [2.45, 2.75) is 39.8 Å². The first-order chi connectivity index (χ1) is 7.95. The molecule has 1 aromatic rings. The van der Waals surface area contributed by atoms with Gasteiger partial charge in [0.25, 0.3) is 0 Å². The Labute approximate surface area is 106 Å². The van der Waals surface area contributed by atoms with Crippen molar-refractivity contribution in [3.05, 3.63) is 16.4 Å². The maximum Gasteiger partial charge on any atom is 0.327 e. The Morgan fingerprint density at radius 2 is 2.29 bits per heavy atom. The Hall–Kier alpha value is -1.07. The molecule has 1 heterocycles. The summed E-state index contributed by atoms with van der Waals surface area (Å²) in [4.78, 5) is 11.3. The van der Waals surface area contributed by atoms with Gasteiger partial charge in [-0.05, 0) is 27.2 Å². The van der Waals surface area contributed by atoms with Crippen LogP contribution in [0.5, 0.6) is 0 Å². The van der Waals surface area contributed by atoms with Crippen molar-refractivity contribution in [2.75, 3.05) is 6.61 Å². The summed E-state index contributed by atoms with van der Waals surface area (Å²) in [6.07, 6.45) is 0.646. The third kappa shape index (κ3) is 3.71. The van der Waals surface area contributed by atoms with Gasteiger partial charge in [0.05, 0.1) is 12.3 Å². The van der Waals surface area contributed by atoms with Crippen molar-refractivity contribution < 1.29 is 9.53 Å². The minimum atomic E-state index is -0.343. The zero-order valence-electron chi connectivity index (χ0n) is 10.4. The number of aromatic nitrogens is 2. The first kappa shape index (κ1) is 14.0. The fourth-order valence-corrected chi connectivity index (χ4v) is 1.89. The second-order valence-corrected chi connectivity index (χ2v) is 4.36. The average molecular weight is 260 g/mol. The molecule has 0 saturated heterocycles. The number of ether oxygens (including phenoxy) is 1. The van der Waals surface area contributed by atoms with Crippen LogP contribution in [0.25, 0.3) is 0 Å². The van der Waals surface area contributed by atoms with Crippen LogP contribution in [-0.2, 0) is 22.5 Å². The second kappa shape index (κ2) is 6.02. The zero-order valence-corrected chi connectivity index (χ0v) is 11.1. The lowest BCUT2D eigenvalue weighted by Crippen LogP contribution is -2.18. The Balaban J connectivity index is 2.84. The molecule has 2 N–H and O–H groups in total. The normalized spacial score (nSPS) is 12.5. The Morgan fingerprint density at radius 1 is 1.65 bits per heavy atom. The Morgan fingerprint density at radius 3 is 2.82 bits per heavy atom. The second-order valence-electron chi connectivity index (χ2n) is 4.00. The highest BCUT2D eigenvalue weighted by Gasteiger charge is 2.16. The van der Waals surface area contributed by atoms with E-state index in [0.717, 1.165) is 11.3 Å². The third-order valence-corrected chi connectivity index (χ3v) is 2.72. The number of aryl methyl sites for hydroxylation is 1. The fraction of sp³-hybridized carbons (Fsp3) is 0.636. The smallest absolute Gasteiger partial charge is 0.327 e. The fourth-order valence-electron chi connectivity index (χ4n) is 1.58. The van der Waals surface area contributed by atoms with Gasteiger partial charge in [-0.1, -0.05) is 11.6 Å². The van der Waals surface area contributed by atoms with Gasteiger partial charge in [-0.2, -0.15) is 5.10 Å². The molecule has 1 atom stereocenters. The van der Waals surface area contributed by atoms with Crippen LogP contribution in [0.1, 0.15) is 25.1 Å². The molecule has 6 heteroatoms. The van der Waals surface area contributed by atoms with E-state index < -0.39 is 0 Å². The lowest BCUT2D eigenvalue weighted by Gasteiger charge is -2.05. The molecule has 0 aliphatic rings. The highest BCUT2D eigenvalue weighted by molar-refractivity contribution is 6.30. The molecule has 0 aliphatic heterocycles. The van der Waals surface area contributed by atoms with Gasteiger partial charge in [-0.3, -0.25) is 4.79 Å². The number of esters is 1. The van der Waals surface area contributed by atoms with Crippen molar-refractivity contribution in [1.29, 1.82) is 0 Å². The summed E-state index contributed by atoms with van der Waals surface area (Å²) in [6, 6.07) is 0.00597. The molecule has 1 rings (SSSR count). The van der Waals surface area contributed by atoms with E-state index in [-0.39, 0.29) is 18.6 Å². The molecule has 0 aromatic carbocycles. The van der Waals surface area contributed by atoms with E-state index >= 15 is 0 Å². The van der Waals surface area contributed by atoms with Crippen LogP contribution in [-0.4, -0.2) is 28.4 Å². The van der Waals surface area contributed by atoms with E-state index in [0.29, 0.717) is 18.2 Å². The molecule has 0 spiro atoms. The highest BCUT2D eigenvalue weighted by atomic mass is 35.5. The lowest BCUT2D eigenvalue weighted by atomic mass is 10.1. The monoisotopic (exact) mass is 259 g/mol. The molecule has 0 aliphatic carbocycles. The maximum absolute atomic E-state index is 11.3. The van der Waals surface area contributed by atoms with E-state index in [1.807, 2.05) is 13.8 Å². The zero-order chi connectivity index (χ0) is 13.0. The van der Waals surface area contributed by atoms with Crippen LogP contribution in [0, 0.1) is 6.92 Å². The molecule has 0 radical (unpaired) electrons. The number of hydrogen-bond acceptors (Lipinski definition) is 4. The van der Waals surface area contributed by atoms with E-state index in [9.17, 15) is 4.79 Å². The SMILES string of the molecule is CCOC(=O)Cn1nc(C)c(CC(C)N)c1Cl. The summed E-state index contributed by atoms with van der Waals surface area (Å²) in [5.74, 6) is -0.343. The molecule has 1 unspecified atom stereocenters. The molecular formula is C11H18ClN3O2. The van der Waals surface area contributed by atoms with Crippen LogP contribution in [0.3, 0.4) is 0 Å². The summed E-state index contributed by atoms with van der Waals surface area (Å²) in [5.41, 5.74) is 7.43. The van der Waals surface area contributed by atoms with E-state index in [2.05, 4.69) is 5.10 Å². The van der Waals surface area contributed by atoms with Gasteiger partial charge in [0.2, 0.25) is 0 Å². The van der Waals surface area contributed by atoms with Crippen LogP contribution in [0.4, 0.5) is 0 Å². The predicted molar refractivity (Wildman–Crippen MR) is 66.0 cm³/mol. The number of nitrogens with zero attached hydrogens (tertiary/aromatic N) is 2. The quantitative estimate of drug-likeness (QED) is 0.809. The van der Waals surface area contributed by atoms with Gasteiger partial charge >= 0.3 is 5.97 Å². The van der Waals surface area contributed by atoms with Crippen molar-refractivity contribution in [1.82, 2.24) is 9.78 Å².